The number of nitrogens with zero attached hydrogens (tertiary/aromatic N) is 2. The number of thiazole rings is 1. The van der Waals surface area contributed by atoms with Crippen LogP contribution in [0.25, 0.3) is 0 Å². The minimum atomic E-state index is 0.357. The molecule has 2 atom stereocenters. The van der Waals surface area contributed by atoms with E-state index in [4.69, 9.17) is 5.73 Å². The number of nitrogens with two attached hydrogens (primary N) is 1. The quantitative estimate of drug-likeness (QED) is 0.879. The van der Waals surface area contributed by atoms with Crippen LogP contribution in [0.4, 0.5) is 5.13 Å². The Hall–Kier alpha value is -0.610. The van der Waals surface area contributed by atoms with Crippen LogP contribution in [0.3, 0.4) is 0 Å². The zero-order chi connectivity index (χ0) is 12.1. The predicted molar refractivity (Wildman–Crippen MR) is 70.2 cm³/mol. The van der Waals surface area contributed by atoms with Crippen molar-refractivity contribution in [3.63, 3.8) is 0 Å². The molecule has 16 heavy (non-hydrogen) atoms. The van der Waals surface area contributed by atoms with Crippen LogP contribution in [0.1, 0.15) is 30.3 Å². The molecule has 1 aliphatic carbocycles. The summed E-state index contributed by atoms with van der Waals surface area (Å²) in [5.41, 5.74) is 7.37. The highest BCUT2D eigenvalue weighted by Crippen LogP contribution is 2.65. The second kappa shape index (κ2) is 3.70. The van der Waals surface area contributed by atoms with E-state index in [2.05, 4.69) is 30.7 Å². The molecule has 0 saturated heterocycles. The molecule has 0 spiro atoms. The van der Waals surface area contributed by atoms with Crippen LogP contribution in [0.15, 0.2) is 0 Å². The van der Waals surface area contributed by atoms with E-state index >= 15 is 0 Å². The Labute approximate surface area is 102 Å². The van der Waals surface area contributed by atoms with Crippen molar-refractivity contribution in [1.82, 2.24) is 4.98 Å². The van der Waals surface area contributed by atoms with Gasteiger partial charge in [0, 0.05) is 24.9 Å². The van der Waals surface area contributed by atoms with Crippen LogP contribution in [-0.2, 0) is 0 Å². The highest BCUT2D eigenvalue weighted by molar-refractivity contribution is 7.15. The van der Waals surface area contributed by atoms with E-state index in [0.29, 0.717) is 17.3 Å². The molecule has 0 radical (unpaired) electrons. The van der Waals surface area contributed by atoms with Gasteiger partial charge in [-0.15, -0.1) is 11.3 Å². The van der Waals surface area contributed by atoms with Crippen LogP contribution < -0.4 is 10.6 Å². The molecule has 1 fully saturated rings. The van der Waals surface area contributed by atoms with Gasteiger partial charge in [-0.1, -0.05) is 13.8 Å². The molecule has 0 amide bonds. The van der Waals surface area contributed by atoms with Crippen LogP contribution in [0.2, 0.25) is 0 Å². The standard InChI is InChI=1S/C12H21N3S/c1-7-10(16-11(14-7)15(4)5)9-8(6-13)12(9,2)3/h8-9H,6,13H2,1-5H3/t8-,9+/m1/s1. The molecular weight excluding hydrogens is 218 g/mol. The van der Waals surface area contributed by atoms with Gasteiger partial charge in [0.05, 0.1) is 5.69 Å². The maximum atomic E-state index is 5.83. The Bertz CT molecular complexity index is 395. The number of hydrogen-bond acceptors (Lipinski definition) is 4. The summed E-state index contributed by atoms with van der Waals surface area (Å²) in [5.74, 6) is 1.24. The Balaban J connectivity index is 2.29. The molecule has 2 N–H and O–H groups in total. The van der Waals surface area contributed by atoms with E-state index in [1.165, 1.54) is 10.6 Å². The summed E-state index contributed by atoms with van der Waals surface area (Å²) < 4.78 is 0. The van der Waals surface area contributed by atoms with Gasteiger partial charge in [-0.3, -0.25) is 0 Å². The average Bonchev–Trinajstić information content (AvgIpc) is 2.53. The van der Waals surface area contributed by atoms with Crippen molar-refractivity contribution < 1.29 is 0 Å². The van der Waals surface area contributed by atoms with Crippen molar-refractivity contribution in [1.29, 1.82) is 0 Å². The molecule has 0 aliphatic heterocycles. The molecule has 1 aliphatic rings. The number of anilines is 1. The van der Waals surface area contributed by atoms with Crippen LogP contribution in [-0.4, -0.2) is 25.6 Å². The zero-order valence-electron chi connectivity index (χ0n) is 10.7. The van der Waals surface area contributed by atoms with Gasteiger partial charge in [0.25, 0.3) is 0 Å². The Morgan fingerprint density at radius 2 is 2.06 bits per heavy atom. The Morgan fingerprint density at radius 3 is 2.44 bits per heavy atom. The molecule has 3 nitrogen and oxygen atoms in total. The summed E-state index contributed by atoms with van der Waals surface area (Å²) in [4.78, 5) is 8.12. The molecule has 0 bridgehead atoms. The molecule has 0 unspecified atom stereocenters. The number of hydrogen-bond donors (Lipinski definition) is 1. The van der Waals surface area contributed by atoms with Crippen molar-refractivity contribution in [2.24, 2.45) is 17.1 Å². The zero-order valence-corrected chi connectivity index (χ0v) is 11.6. The Kier molecular flexibility index (Phi) is 2.75. The molecule has 1 aromatic rings. The van der Waals surface area contributed by atoms with Gasteiger partial charge in [-0.2, -0.15) is 0 Å². The number of aryl methyl sites for hydroxylation is 1. The molecule has 1 heterocycles. The van der Waals surface area contributed by atoms with Crippen molar-refractivity contribution >= 4 is 16.5 Å². The second-order valence-electron chi connectivity index (χ2n) is 5.48. The fourth-order valence-corrected chi connectivity index (χ4v) is 3.93. The first-order chi connectivity index (χ1) is 7.39. The van der Waals surface area contributed by atoms with Gasteiger partial charge in [0.2, 0.25) is 0 Å². The molecule has 1 aromatic heterocycles. The first kappa shape index (κ1) is 11.9. The fraction of sp³-hybridized carbons (Fsp3) is 0.750. The molecule has 2 rings (SSSR count). The third kappa shape index (κ3) is 1.64. The average molecular weight is 239 g/mol. The normalized spacial score (nSPS) is 26.9. The highest BCUT2D eigenvalue weighted by Gasteiger charge is 2.58. The maximum absolute atomic E-state index is 5.83. The lowest BCUT2D eigenvalue weighted by Gasteiger charge is -2.05. The third-order valence-electron chi connectivity index (χ3n) is 3.79. The SMILES string of the molecule is Cc1nc(N(C)C)sc1[C@@H]1[C@@H](CN)C1(C)C. The van der Waals surface area contributed by atoms with E-state index < -0.39 is 0 Å². The molecule has 1 saturated carbocycles. The van der Waals surface area contributed by atoms with Crippen LogP contribution >= 0.6 is 11.3 Å². The van der Waals surface area contributed by atoms with E-state index in [0.717, 1.165) is 11.7 Å². The minimum absolute atomic E-state index is 0.357. The summed E-state index contributed by atoms with van der Waals surface area (Å²) in [7, 11) is 4.08. The number of aromatic nitrogens is 1. The minimum Gasteiger partial charge on any atom is -0.354 e. The van der Waals surface area contributed by atoms with Gasteiger partial charge < -0.3 is 10.6 Å². The first-order valence-corrected chi connectivity index (χ1v) is 6.56. The smallest absolute Gasteiger partial charge is 0.185 e. The largest absolute Gasteiger partial charge is 0.354 e. The van der Waals surface area contributed by atoms with E-state index in [-0.39, 0.29) is 0 Å². The highest BCUT2D eigenvalue weighted by atomic mass is 32.1. The lowest BCUT2D eigenvalue weighted by molar-refractivity contribution is 0.559. The van der Waals surface area contributed by atoms with E-state index in [1.807, 2.05) is 25.4 Å². The third-order valence-corrected chi connectivity index (χ3v) is 5.20. The fourth-order valence-electron chi connectivity index (χ4n) is 2.58. The van der Waals surface area contributed by atoms with Gasteiger partial charge in [-0.25, -0.2) is 4.98 Å². The van der Waals surface area contributed by atoms with Crippen molar-refractivity contribution in [3.8, 4) is 0 Å². The van der Waals surface area contributed by atoms with Gasteiger partial charge in [0.1, 0.15) is 0 Å². The monoisotopic (exact) mass is 239 g/mol. The summed E-state index contributed by atoms with van der Waals surface area (Å²) in [6, 6.07) is 0. The molecule has 90 valence electrons. The maximum Gasteiger partial charge on any atom is 0.185 e. The van der Waals surface area contributed by atoms with Crippen molar-refractivity contribution in [2.75, 3.05) is 25.5 Å². The second-order valence-corrected chi connectivity index (χ2v) is 6.49. The lowest BCUT2D eigenvalue weighted by atomic mass is 10.1. The summed E-state index contributed by atoms with van der Waals surface area (Å²) >= 11 is 1.82. The number of rotatable bonds is 3. The summed E-state index contributed by atoms with van der Waals surface area (Å²) in [6.07, 6.45) is 0. The first-order valence-electron chi connectivity index (χ1n) is 5.74. The van der Waals surface area contributed by atoms with Gasteiger partial charge in [-0.05, 0) is 24.8 Å². The molecule has 4 heteroatoms. The molecule has 0 aromatic carbocycles. The predicted octanol–water partition coefficient (Wildman–Crippen LogP) is 2.22. The van der Waals surface area contributed by atoms with Crippen LogP contribution in [0.5, 0.6) is 0 Å². The summed E-state index contributed by atoms with van der Waals surface area (Å²) in [5, 5.41) is 1.10. The summed E-state index contributed by atoms with van der Waals surface area (Å²) in [6.45, 7) is 7.51. The van der Waals surface area contributed by atoms with Crippen molar-refractivity contribution in [2.45, 2.75) is 26.7 Å². The van der Waals surface area contributed by atoms with Gasteiger partial charge in [0.15, 0.2) is 5.13 Å². The van der Waals surface area contributed by atoms with Crippen molar-refractivity contribution in [3.05, 3.63) is 10.6 Å². The van der Waals surface area contributed by atoms with Gasteiger partial charge >= 0.3 is 0 Å². The Morgan fingerprint density at radius 1 is 1.44 bits per heavy atom. The molecular formula is C12H21N3S. The van der Waals surface area contributed by atoms with E-state index in [9.17, 15) is 0 Å². The topological polar surface area (TPSA) is 42.2 Å². The van der Waals surface area contributed by atoms with E-state index in [1.54, 1.807) is 0 Å². The van der Waals surface area contributed by atoms with Crippen LogP contribution in [0, 0.1) is 18.3 Å². The lowest BCUT2D eigenvalue weighted by Crippen LogP contribution is -2.07.